The lowest BCUT2D eigenvalue weighted by molar-refractivity contribution is -0.142. The van der Waals surface area contributed by atoms with Crippen LogP contribution in [-0.2, 0) is 9.59 Å². The van der Waals surface area contributed by atoms with Crippen molar-refractivity contribution in [2.24, 2.45) is 5.92 Å². The molecular formula is C14H21N3O4. The zero-order chi connectivity index (χ0) is 15.6. The van der Waals surface area contributed by atoms with Gasteiger partial charge in [0.2, 0.25) is 11.8 Å². The monoisotopic (exact) mass is 295 g/mol. The number of carboxylic acid groups (broad SMARTS) is 1. The third kappa shape index (κ3) is 3.60. The summed E-state index contributed by atoms with van der Waals surface area (Å²) < 4.78 is 5.05. The maximum atomic E-state index is 12.0. The van der Waals surface area contributed by atoms with Crippen LogP contribution in [0.5, 0.6) is 0 Å². The van der Waals surface area contributed by atoms with Crippen LogP contribution in [0.1, 0.15) is 38.8 Å². The topological polar surface area (TPSA) is 95.7 Å². The first kappa shape index (κ1) is 15.5. The molecule has 21 heavy (non-hydrogen) atoms. The summed E-state index contributed by atoms with van der Waals surface area (Å²) in [5, 5.41) is 15.6. The highest BCUT2D eigenvalue weighted by molar-refractivity contribution is 5.91. The second-order valence-corrected chi connectivity index (χ2v) is 5.76. The Bertz CT molecular complexity index is 526. The van der Waals surface area contributed by atoms with E-state index in [1.54, 1.807) is 6.07 Å². The molecule has 0 aromatic carbocycles. The van der Waals surface area contributed by atoms with Gasteiger partial charge in [-0.1, -0.05) is 19.0 Å². The van der Waals surface area contributed by atoms with Crippen molar-refractivity contribution in [3.8, 4) is 0 Å². The molecule has 1 fully saturated rings. The summed E-state index contributed by atoms with van der Waals surface area (Å²) in [5.41, 5.74) is 0.783. The van der Waals surface area contributed by atoms with Crippen molar-refractivity contribution in [1.29, 1.82) is 0 Å². The van der Waals surface area contributed by atoms with Crippen LogP contribution in [0.15, 0.2) is 10.6 Å². The van der Waals surface area contributed by atoms with Crippen molar-refractivity contribution in [3.05, 3.63) is 11.8 Å². The first-order chi connectivity index (χ1) is 9.88. The number of aliphatic carboxylic acids is 1. The number of carbonyl (C=O) groups excluding carboxylic acids is 1. The van der Waals surface area contributed by atoms with Crippen LogP contribution < -0.4 is 5.32 Å². The number of anilines is 1. The summed E-state index contributed by atoms with van der Waals surface area (Å²) in [4.78, 5) is 24.9. The van der Waals surface area contributed by atoms with Crippen molar-refractivity contribution in [1.82, 2.24) is 10.1 Å². The minimum Gasteiger partial charge on any atom is -0.481 e. The van der Waals surface area contributed by atoms with E-state index >= 15 is 0 Å². The number of aromatic nitrogens is 1. The molecule has 1 aromatic heterocycles. The van der Waals surface area contributed by atoms with E-state index in [2.05, 4.69) is 10.5 Å². The lowest BCUT2D eigenvalue weighted by Crippen LogP contribution is -2.38. The highest BCUT2D eigenvalue weighted by Crippen LogP contribution is 2.24. The Labute approximate surface area is 123 Å². The quantitative estimate of drug-likeness (QED) is 0.855. The zero-order valence-corrected chi connectivity index (χ0v) is 12.5. The largest absolute Gasteiger partial charge is 0.481 e. The van der Waals surface area contributed by atoms with Crippen LogP contribution in [-0.4, -0.2) is 46.2 Å². The Morgan fingerprint density at radius 1 is 1.57 bits per heavy atom. The fourth-order valence-corrected chi connectivity index (χ4v) is 2.54. The van der Waals surface area contributed by atoms with Crippen molar-refractivity contribution >= 4 is 17.8 Å². The van der Waals surface area contributed by atoms with Gasteiger partial charge in [-0.25, -0.2) is 0 Å². The molecule has 2 rings (SSSR count). The molecule has 1 amide bonds. The van der Waals surface area contributed by atoms with Crippen LogP contribution in [0.25, 0.3) is 0 Å². The van der Waals surface area contributed by atoms with E-state index in [0.717, 1.165) is 5.69 Å². The molecule has 0 radical (unpaired) electrons. The molecule has 7 heteroatoms. The maximum Gasteiger partial charge on any atom is 0.308 e. The van der Waals surface area contributed by atoms with Gasteiger partial charge in [-0.15, -0.1) is 0 Å². The molecule has 0 aliphatic carbocycles. The van der Waals surface area contributed by atoms with Crippen molar-refractivity contribution < 1.29 is 19.2 Å². The van der Waals surface area contributed by atoms with Gasteiger partial charge in [-0.05, 0) is 25.8 Å². The van der Waals surface area contributed by atoms with Gasteiger partial charge in [0.1, 0.15) is 0 Å². The molecule has 1 aliphatic heterocycles. The molecule has 0 bridgehead atoms. The molecule has 2 atom stereocenters. The second-order valence-electron chi connectivity index (χ2n) is 5.76. The number of hydrogen-bond acceptors (Lipinski definition) is 5. The molecule has 116 valence electrons. The number of likely N-dealkylation sites (tertiary alicyclic amines) is 1. The molecule has 1 aromatic rings. The highest BCUT2D eigenvalue weighted by Gasteiger charge is 2.36. The van der Waals surface area contributed by atoms with Gasteiger partial charge in [0.05, 0.1) is 18.2 Å². The van der Waals surface area contributed by atoms with E-state index in [4.69, 9.17) is 9.63 Å². The smallest absolute Gasteiger partial charge is 0.308 e. The molecule has 2 N–H and O–H groups in total. The summed E-state index contributed by atoms with van der Waals surface area (Å²) >= 11 is 0. The molecule has 1 saturated heterocycles. The standard InChI is InChI=1S/C14H21N3O4/c1-8(2)11-6-13(21-16-11)15-12(18)7-17-5-4-10(9(17)3)14(19)20/h6,8-10H,4-5,7H2,1-3H3,(H,15,18)(H,19,20). The molecular weight excluding hydrogens is 274 g/mol. The first-order valence-corrected chi connectivity index (χ1v) is 7.11. The minimum absolute atomic E-state index is 0.144. The molecule has 2 heterocycles. The average molecular weight is 295 g/mol. The molecule has 2 unspecified atom stereocenters. The summed E-state index contributed by atoms with van der Waals surface area (Å²) in [6.45, 7) is 6.58. The normalized spacial score (nSPS) is 22.7. The van der Waals surface area contributed by atoms with Crippen LogP contribution in [0.3, 0.4) is 0 Å². The number of nitrogens with one attached hydrogen (secondary N) is 1. The average Bonchev–Trinajstić information content (AvgIpc) is 2.98. The molecule has 7 nitrogen and oxygen atoms in total. The Morgan fingerprint density at radius 3 is 2.81 bits per heavy atom. The summed E-state index contributed by atoms with van der Waals surface area (Å²) in [6, 6.07) is 1.56. The van der Waals surface area contributed by atoms with Gasteiger partial charge in [-0.2, -0.15) is 0 Å². The van der Waals surface area contributed by atoms with Crippen molar-refractivity contribution in [2.45, 2.75) is 39.2 Å². The third-order valence-corrected chi connectivity index (χ3v) is 3.93. The highest BCUT2D eigenvalue weighted by atomic mass is 16.5. The summed E-state index contributed by atoms with van der Waals surface area (Å²) in [5.74, 6) is -0.878. The summed E-state index contributed by atoms with van der Waals surface area (Å²) in [7, 11) is 0. The van der Waals surface area contributed by atoms with Crippen molar-refractivity contribution in [2.75, 3.05) is 18.4 Å². The predicted octanol–water partition coefficient (Wildman–Crippen LogP) is 1.53. The molecule has 0 spiro atoms. The van der Waals surface area contributed by atoms with Gasteiger partial charge < -0.3 is 9.63 Å². The van der Waals surface area contributed by atoms with E-state index in [1.165, 1.54) is 0 Å². The van der Waals surface area contributed by atoms with Crippen molar-refractivity contribution in [3.63, 3.8) is 0 Å². The number of amides is 1. The van der Waals surface area contributed by atoms with E-state index in [9.17, 15) is 9.59 Å². The lowest BCUT2D eigenvalue weighted by atomic mass is 10.0. The number of hydrogen-bond donors (Lipinski definition) is 2. The van der Waals surface area contributed by atoms with Crippen LogP contribution >= 0.6 is 0 Å². The number of nitrogens with zero attached hydrogens (tertiary/aromatic N) is 2. The fourth-order valence-electron chi connectivity index (χ4n) is 2.54. The fraction of sp³-hybridized carbons (Fsp3) is 0.643. The first-order valence-electron chi connectivity index (χ1n) is 7.11. The maximum absolute atomic E-state index is 12.0. The van der Waals surface area contributed by atoms with E-state index in [0.29, 0.717) is 18.8 Å². The SMILES string of the molecule is CC(C)c1cc(NC(=O)CN2CCC(C(=O)O)C2C)on1. The molecule has 0 saturated carbocycles. The van der Waals surface area contributed by atoms with Crippen LogP contribution in [0, 0.1) is 5.92 Å². The van der Waals surface area contributed by atoms with Crippen LogP contribution in [0.2, 0.25) is 0 Å². The van der Waals surface area contributed by atoms with Gasteiger partial charge in [0.15, 0.2) is 0 Å². The Balaban J connectivity index is 1.88. The van der Waals surface area contributed by atoms with Gasteiger partial charge in [-0.3, -0.25) is 19.8 Å². The second kappa shape index (κ2) is 6.26. The van der Waals surface area contributed by atoms with E-state index in [-0.39, 0.29) is 24.4 Å². The van der Waals surface area contributed by atoms with E-state index < -0.39 is 11.9 Å². The zero-order valence-electron chi connectivity index (χ0n) is 12.5. The predicted molar refractivity (Wildman–Crippen MR) is 76.0 cm³/mol. The Morgan fingerprint density at radius 2 is 2.29 bits per heavy atom. The van der Waals surface area contributed by atoms with Gasteiger partial charge >= 0.3 is 5.97 Å². The molecule has 1 aliphatic rings. The number of rotatable bonds is 5. The lowest BCUT2D eigenvalue weighted by Gasteiger charge is -2.21. The van der Waals surface area contributed by atoms with Crippen LogP contribution in [0.4, 0.5) is 5.88 Å². The third-order valence-electron chi connectivity index (χ3n) is 3.93. The van der Waals surface area contributed by atoms with Gasteiger partial charge in [0, 0.05) is 12.1 Å². The number of carboxylic acids is 1. The number of carbonyl (C=O) groups is 2. The van der Waals surface area contributed by atoms with E-state index in [1.807, 2.05) is 25.7 Å². The minimum atomic E-state index is -0.804. The Kier molecular flexibility index (Phi) is 4.62. The van der Waals surface area contributed by atoms with Gasteiger partial charge in [0.25, 0.3) is 0 Å². The Hall–Kier alpha value is -1.89. The summed E-state index contributed by atoms with van der Waals surface area (Å²) in [6.07, 6.45) is 0.573.